The van der Waals surface area contributed by atoms with Crippen LogP contribution in [0.4, 0.5) is 0 Å². The molecule has 6 nitrogen and oxygen atoms in total. The number of hydrogen-bond acceptors (Lipinski definition) is 5. The molecule has 0 aliphatic carbocycles. The summed E-state index contributed by atoms with van der Waals surface area (Å²) in [5.41, 5.74) is 2.20. The highest BCUT2D eigenvalue weighted by Crippen LogP contribution is 2.17. The molecule has 0 atom stereocenters. The first-order chi connectivity index (χ1) is 14.2. The van der Waals surface area contributed by atoms with E-state index in [0.717, 1.165) is 42.0 Å². The van der Waals surface area contributed by atoms with E-state index in [2.05, 4.69) is 10.2 Å². The number of carbonyl (C=O) groups is 1. The maximum absolute atomic E-state index is 12.5. The monoisotopic (exact) mass is 400 g/mol. The molecule has 0 unspecified atom stereocenters. The lowest BCUT2D eigenvalue weighted by atomic mass is 10.1. The number of hydrogen-bond donors (Lipinski definition) is 1. The summed E-state index contributed by atoms with van der Waals surface area (Å²) in [5, 5.41) is 3.02. The molecule has 0 spiro atoms. The van der Waals surface area contributed by atoms with Crippen molar-refractivity contribution in [1.29, 1.82) is 0 Å². The molecule has 0 saturated carbocycles. The van der Waals surface area contributed by atoms with Gasteiger partial charge in [-0.2, -0.15) is 0 Å². The zero-order valence-corrected chi connectivity index (χ0v) is 17.6. The van der Waals surface area contributed by atoms with Gasteiger partial charge in [-0.3, -0.25) is 9.69 Å². The Morgan fingerprint density at radius 1 is 1.03 bits per heavy atom. The lowest BCUT2D eigenvalue weighted by Crippen LogP contribution is -2.38. The highest BCUT2D eigenvalue weighted by Gasteiger charge is 2.12. The number of ether oxygens (including phenoxy) is 3. The minimum absolute atomic E-state index is 0.0141. The van der Waals surface area contributed by atoms with Crippen LogP contribution in [0.25, 0.3) is 0 Å². The van der Waals surface area contributed by atoms with Gasteiger partial charge in [-0.25, -0.2) is 0 Å². The summed E-state index contributed by atoms with van der Waals surface area (Å²) in [4.78, 5) is 14.6. The molecule has 0 aromatic heterocycles. The second-order valence-corrected chi connectivity index (χ2v) is 6.82. The number of benzene rings is 2. The number of nitrogens with zero attached hydrogens (tertiary/aromatic N) is 1. The minimum Gasteiger partial charge on any atom is -0.497 e. The maximum atomic E-state index is 12.5. The summed E-state index contributed by atoms with van der Waals surface area (Å²) in [5.74, 6) is 1.68. The van der Waals surface area contributed by atoms with Crippen LogP contribution in [0.3, 0.4) is 0 Å². The van der Waals surface area contributed by atoms with Gasteiger partial charge >= 0.3 is 0 Å². The molecule has 0 radical (unpaired) electrons. The van der Waals surface area contributed by atoms with Gasteiger partial charge in [-0.15, -0.1) is 0 Å². The van der Waals surface area contributed by atoms with E-state index >= 15 is 0 Å². The molecule has 1 amide bonds. The van der Waals surface area contributed by atoms with Crippen LogP contribution in [0.5, 0.6) is 11.5 Å². The number of rotatable bonds is 13. The number of amides is 1. The molecule has 0 saturated heterocycles. The standard InChI is InChI=1S/C23H32N2O4/c1-27-15-7-14-25(17-19-8-6-10-21(16-19)28-2)18-23(26)24-13-12-20-9-4-5-11-22(20)29-3/h4-6,8-11,16H,7,12-15,17-18H2,1-3H3,(H,24,26). The first-order valence-corrected chi connectivity index (χ1v) is 9.89. The van der Waals surface area contributed by atoms with Gasteiger partial charge < -0.3 is 19.5 Å². The molecule has 6 heteroatoms. The van der Waals surface area contributed by atoms with Crippen LogP contribution in [0.15, 0.2) is 48.5 Å². The summed E-state index contributed by atoms with van der Waals surface area (Å²) < 4.78 is 15.8. The zero-order chi connectivity index (χ0) is 20.9. The molecule has 0 aliphatic rings. The fourth-order valence-electron chi connectivity index (χ4n) is 3.18. The van der Waals surface area contributed by atoms with E-state index in [4.69, 9.17) is 14.2 Å². The number of nitrogens with one attached hydrogen (secondary N) is 1. The molecule has 0 bridgehead atoms. The molecular weight excluding hydrogens is 368 g/mol. The van der Waals surface area contributed by atoms with E-state index in [0.29, 0.717) is 26.2 Å². The average molecular weight is 401 g/mol. The Hall–Kier alpha value is -2.57. The molecule has 0 fully saturated rings. The number of carbonyl (C=O) groups excluding carboxylic acids is 1. The Labute approximate surface area is 173 Å². The first-order valence-electron chi connectivity index (χ1n) is 9.89. The van der Waals surface area contributed by atoms with Gasteiger partial charge in [0.2, 0.25) is 5.91 Å². The predicted molar refractivity (Wildman–Crippen MR) is 114 cm³/mol. The van der Waals surface area contributed by atoms with E-state index in [-0.39, 0.29) is 5.91 Å². The van der Waals surface area contributed by atoms with Crippen molar-refractivity contribution in [3.8, 4) is 11.5 Å². The van der Waals surface area contributed by atoms with Crippen molar-refractivity contribution in [3.05, 3.63) is 59.7 Å². The Kier molecular flexibility index (Phi) is 10.0. The fourth-order valence-corrected chi connectivity index (χ4v) is 3.18. The molecule has 0 aliphatic heterocycles. The molecular formula is C23H32N2O4. The van der Waals surface area contributed by atoms with Crippen LogP contribution in [0, 0.1) is 0 Å². The van der Waals surface area contributed by atoms with E-state index in [9.17, 15) is 4.79 Å². The van der Waals surface area contributed by atoms with Gasteiger partial charge in [0.05, 0.1) is 20.8 Å². The smallest absolute Gasteiger partial charge is 0.234 e. The van der Waals surface area contributed by atoms with E-state index in [1.807, 2.05) is 48.5 Å². The second-order valence-electron chi connectivity index (χ2n) is 6.82. The number of methoxy groups -OCH3 is 3. The van der Waals surface area contributed by atoms with Crippen molar-refractivity contribution >= 4 is 5.91 Å². The summed E-state index contributed by atoms with van der Waals surface area (Å²) in [7, 11) is 5.01. The van der Waals surface area contributed by atoms with E-state index in [1.54, 1.807) is 21.3 Å². The third-order valence-corrected chi connectivity index (χ3v) is 4.64. The van der Waals surface area contributed by atoms with Crippen LogP contribution < -0.4 is 14.8 Å². The lowest BCUT2D eigenvalue weighted by molar-refractivity contribution is -0.122. The maximum Gasteiger partial charge on any atom is 0.234 e. The molecule has 2 rings (SSSR count). The molecule has 29 heavy (non-hydrogen) atoms. The van der Waals surface area contributed by atoms with E-state index in [1.165, 1.54) is 0 Å². The highest BCUT2D eigenvalue weighted by atomic mass is 16.5. The summed E-state index contributed by atoms with van der Waals surface area (Å²) in [6.45, 7) is 3.05. The van der Waals surface area contributed by atoms with Crippen molar-refractivity contribution in [2.75, 3.05) is 47.6 Å². The normalized spacial score (nSPS) is 10.8. The zero-order valence-electron chi connectivity index (χ0n) is 17.6. The third kappa shape index (κ3) is 8.13. The largest absolute Gasteiger partial charge is 0.497 e. The summed E-state index contributed by atoms with van der Waals surface area (Å²) in [6, 6.07) is 15.8. The average Bonchev–Trinajstić information content (AvgIpc) is 2.74. The summed E-state index contributed by atoms with van der Waals surface area (Å²) >= 11 is 0. The topological polar surface area (TPSA) is 60.0 Å². The third-order valence-electron chi connectivity index (χ3n) is 4.64. The Morgan fingerprint density at radius 3 is 2.62 bits per heavy atom. The lowest BCUT2D eigenvalue weighted by Gasteiger charge is -2.22. The predicted octanol–water partition coefficient (Wildman–Crippen LogP) is 2.90. The molecule has 0 heterocycles. The van der Waals surface area contributed by atoms with Crippen molar-refractivity contribution in [1.82, 2.24) is 10.2 Å². The fraction of sp³-hybridized carbons (Fsp3) is 0.435. The van der Waals surface area contributed by atoms with Crippen LogP contribution in [-0.4, -0.2) is 58.4 Å². The minimum atomic E-state index is 0.0141. The van der Waals surface area contributed by atoms with Gasteiger partial charge in [-0.05, 0) is 42.2 Å². The molecule has 1 N–H and O–H groups in total. The van der Waals surface area contributed by atoms with Crippen molar-refractivity contribution < 1.29 is 19.0 Å². The van der Waals surface area contributed by atoms with Gasteiger partial charge in [0.15, 0.2) is 0 Å². The first kappa shape index (κ1) is 22.7. The van der Waals surface area contributed by atoms with E-state index < -0.39 is 0 Å². The van der Waals surface area contributed by atoms with Gasteiger partial charge in [0.1, 0.15) is 11.5 Å². The molecule has 2 aromatic rings. The van der Waals surface area contributed by atoms with Crippen molar-refractivity contribution in [2.24, 2.45) is 0 Å². The summed E-state index contributed by atoms with van der Waals surface area (Å²) in [6.07, 6.45) is 1.60. The van der Waals surface area contributed by atoms with Gasteiger partial charge in [0, 0.05) is 33.4 Å². The Bertz CT molecular complexity index is 751. The molecule has 2 aromatic carbocycles. The van der Waals surface area contributed by atoms with Crippen LogP contribution in [0.1, 0.15) is 17.5 Å². The number of para-hydroxylation sites is 1. The van der Waals surface area contributed by atoms with Crippen LogP contribution in [0.2, 0.25) is 0 Å². The molecule has 158 valence electrons. The SMILES string of the molecule is COCCCN(CC(=O)NCCc1ccccc1OC)Cc1cccc(OC)c1. The second kappa shape index (κ2) is 12.8. The quantitative estimate of drug-likeness (QED) is 0.524. The van der Waals surface area contributed by atoms with Crippen LogP contribution >= 0.6 is 0 Å². The Morgan fingerprint density at radius 2 is 1.86 bits per heavy atom. The van der Waals surface area contributed by atoms with Gasteiger partial charge in [0.25, 0.3) is 0 Å². The highest BCUT2D eigenvalue weighted by molar-refractivity contribution is 5.78. The van der Waals surface area contributed by atoms with Crippen molar-refractivity contribution in [3.63, 3.8) is 0 Å². The van der Waals surface area contributed by atoms with Gasteiger partial charge in [-0.1, -0.05) is 30.3 Å². The Balaban J connectivity index is 1.88. The van der Waals surface area contributed by atoms with Crippen LogP contribution in [-0.2, 0) is 22.5 Å². The van der Waals surface area contributed by atoms with Crippen molar-refractivity contribution in [2.45, 2.75) is 19.4 Å².